The van der Waals surface area contributed by atoms with E-state index in [1.165, 1.54) is 0 Å². The molecule has 0 saturated heterocycles. The van der Waals surface area contributed by atoms with Gasteiger partial charge in [0.25, 0.3) is 0 Å². The van der Waals surface area contributed by atoms with Crippen LogP contribution in [0.15, 0.2) is 57.9 Å². The summed E-state index contributed by atoms with van der Waals surface area (Å²) in [5, 5.41) is 0. The molecule has 0 saturated carbocycles. The molecule has 0 aliphatic carbocycles. The van der Waals surface area contributed by atoms with Crippen LogP contribution in [0.1, 0.15) is 5.56 Å². The van der Waals surface area contributed by atoms with Gasteiger partial charge < -0.3 is 4.74 Å². The van der Waals surface area contributed by atoms with Crippen molar-refractivity contribution in [3.63, 3.8) is 0 Å². The van der Waals surface area contributed by atoms with E-state index >= 15 is 0 Å². The van der Waals surface area contributed by atoms with Gasteiger partial charge in [0.05, 0.1) is 6.04 Å². The van der Waals surface area contributed by atoms with Crippen LogP contribution in [0.4, 0.5) is 0 Å². The zero-order chi connectivity index (χ0) is 14.9. The van der Waals surface area contributed by atoms with Crippen LogP contribution in [-0.2, 0) is 16.4 Å². The predicted octanol–water partition coefficient (Wildman–Crippen LogP) is 2.73. The lowest BCUT2D eigenvalue weighted by Crippen LogP contribution is -2.38. The summed E-state index contributed by atoms with van der Waals surface area (Å²) < 4.78 is 34.0. The van der Waals surface area contributed by atoms with E-state index in [4.69, 9.17) is 4.74 Å². The minimum absolute atomic E-state index is 0.182. The molecular weight excluding hydrogens is 354 g/mol. The van der Waals surface area contributed by atoms with Crippen molar-refractivity contribution in [2.24, 2.45) is 0 Å². The van der Waals surface area contributed by atoms with Crippen molar-refractivity contribution in [3.8, 4) is 5.75 Å². The second-order valence-corrected chi connectivity index (χ2v) is 7.51. The minimum atomic E-state index is -3.56. The highest BCUT2D eigenvalue weighted by molar-refractivity contribution is 9.10. The van der Waals surface area contributed by atoms with Gasteiger partial charge >= 0.3 is 0 Å². The molecule has 0 unspecified atom stereocenters. The largest absolute Gasteiger partial charge is 0.490 e. The summed E-state index contributed by atoms with van der Waals surface area (Å²) in [6.07, 6.45) is 0.592. The van der Waals surface area contributed by atoms with Crippen molar-refractivity contribution in [1.82, 2.24) is 4.72 Å². The number of benzene rings is 2. The molecule has 0 radical (unpaired) electrons. The van der Waals surface area contributed by atoms with Crippen molar-refractivity contribution in [2.45, 2.75) is 17.4 Å². The third kappa shape index (κ3) is 3.28. The molecular formula is C15H14BrNO3S. The van der Waals surface area contributed by atoms with Crippen LogP contribution in [0.25, 0.3) is 0 Å². The van der Waals surface area contributed by atoms with Gasteiger partial charge in [0.2, 0.25) is 10.0 Å². The van der Waals surface area contributed by atoms with Gasteiger partial charge in [-0.25, -0.2) is 13.1 Å². The maximum atomic E-state index is 12.4. The fraction of sp³-hybridized carbons (Fsp3) is 0.200. The lowest BCUT2D eigenvalue weighted by Gasteiger charge is -2.14. The van der Waals surface area contributed by atoms with Gasteiger partial charge in [-0.1, -0.05) is 46.3 Å². The number of rotatable bonds is 2. The number of sulfonamides is 1. The quantitative estimate of drug-likeness (QED) is 0.887. The molecule has 1 N–H and O–H groups in total. The zero-order valence-electron chi connectivity index (χ0n) is 11.1. The van der Waals surface area contributed by atoms with Crippen LogP contribution >= 0.6 is 15.9 Å². The van der Waals surface area contributed by atoms with E-state index in [0.717, 1.165) is 10.0 Å². The third-order valence-electron chi connectivity index (χ3n) is 3.28. The van der Waals surface area contributed by atoms with E-state index in [2.05, 4.69) is 20.7 Å². The molecule has 1 atom stereocenters. The Labute approximate surface area is 132 Å². The number of ether oxygens (including phenoxy) is 1. The summed E-state index contributed by atoms with van der Waals surface area (Å²) in [4.78, 5) is 0.182. The fourth-order valence-electron chi connectivity index (χ4n) is 2.32. The average Bonchev–Trinajstić information content (AvgIpc) is 2.56. The molecule has 4 nitrogen and oxygen atoms in total. The second-order valence-electron chi connectivity index (χ2n) is 4.91. The number of hydrogen-bond donors (Lipinski definition) is 1. The fourth-order valence-corrected chi connectivity index (χ4v) is 4.01. The van der Waals surface area contributed by atoms with Crippen molar-refractivity contribution >= 4 is 26.0 Å². The second kappa shape index (κ2) is 5.79. The smallest absolute Gasteiger partial charge is 0.244 e. The average molecular weight is 368 g/mol. The minimum Gasteiger partial charge on any atom is -0.490 e. The molecule has 1 aliphatic heterocycles. The highest BCUT2D eigenvalue weighted by Crippen LogP contribution is 2.30. The highest BCUT2D eigenvalue weighted by atomic mass is 79.9. The molecule has 21 heavy (non-hydrogen) atoms. The van der Waals surface area contributed by atoms with E-state index in [0.29, 0.717) is 18.8 Å². The van der Waals surface area contributed by atoms with Gasteiger partial charge in [-0.3, -0.25) is 0 Å². The molecule has 6 heteroatoms. The molecule has 2 aromatic carbocycles. The normalized spacial score (nSPS) is 20.1. The zero-order valence-corrected chi connectivity index (χ0v) is 13.5. The molecule has 0 bridgehead atoms. The Kier molecular flexibility index (Phi) is 4.01. The molecule has 0 fully saturated rings. The SMILES string of the molecule is O=S1(=O)N[C@H](Cc2ccccc2)COc2cc(Br)ccc21. The van der Waals surface area contributed by atoms with Gasteiger partial charge in [0.15, 0.2) is 0 Å². The predicted molar refractivity (Wildman–Crippen MR) is 83.9 cm³/mol. The number of fused-ring (bicyclic) bond motifs is 1. The number of halogens is 1. The van der Waals surface area contributed by atoms with E-state index in [1.54, 1.807) is 18.2 Å². The van der Waals surface area contributed by atoms with Gasteiger partial charge in [0, 0.05) is 4.47 Å². The first-order valence-electron chi connectivity index (χ1n) is 6.53. The van der Waals surface area contributed by atoms with Crippen LogP contribution < -0.4 is 9.46 Å². The van der Waals surface area contributed by atoms with Crippen LogP contribution in [0.3, 0.4) is 0 Å². The molecule has 1 heterocycles. The molecule has 1 aliphatic rings. The summed E-state index contributed by atoms with van der Waals surface area (Å²) in [6.45, 7) is 0.303. The summed E-state index contributed by atoms with van der Waals surface area (Å²) in [6, 6.07) is 14.4. The topological polar surface area (TPSA) is 55.4 Å². The maximum absolute atomic E-state index is 12.4. The first-order chi connectivity index (χ1) is 10.0. The Bertz CT molecular complexity index is 747. The standard InChI is InChI=1S/C15H14BrNO3S/c16-12-6-7-15-14(9-12)20-10-13(17-21(15,18)19)8-11-4-2-1-3-5-11/h1-7,9,13,17H,8,10H2/t13-/m1/s1. The van der Waals surface area contributed by atoms with Crippen molar-refractivity contribution < 1.29 is 13.2 Å². The van der Waals surface area contributed by atoms with Crippen LogP contribution in [0.5, 0.6) is 5.75 Å². The lowest BCUT2D eigenvalue weighted by atomic mass is 10.1. The Hall–Kier alpha value is -1.37. The highest BCUT2D eigenvalue weighted by Gasteiger charge is 2.28. The summed E-state index contributed by atoms with van der Waals surface area (Å²) in [7, 11) is -3.56. The van der Waals surface area contributed by atoms with Gasteiger partial charge in [-0.2, -0.15) is 0 Å². The summed E-state index contributed by atoms with van der Waals surface area (Å²) in [5.41, 5.74) is 1.07. The van der Waals surface area contributed by atoms with E-state index in [-0.39, 0.29) is 10.9 Å². The van der Waals surface area contributed by atoms with Crippen molar-refractivity contribution in [3.05, 3.63) is 58.6 Å². The van der Waals surface area contributed by atoms with E-state index in [1.807, 2.05) is 30.3 Å². The molecule has 0 amide bonds. The first kappa shape index (κ1) is 14.6. The molecule has 110 valence electrons. The van der Waals surface area contributed by atoms with Crippen molar-refractivity contribution in [2.75, 3.05) is 6.61 Å². The third-order valence-corrected chi connectivity index (χ3v) is 5.34. The van der Waals surface area contributed by atoms with Gasteiger partial charge in [-0.15, -0.1) is 0 Å². The van der Waals surface area contributed by atoms with Crippen LogP contribution in [0, 0.1) is 0 Å². The number of hydrogen-bond acceptors (Lipinski definition) is 3. The Morgan fingerprint density at radius 2 is 1.95 bits per heavy atom. The molecule has 3 rings (SSSR count). The molecule has 2 aromatic rings. The van der Waals surface area contributed by atoms with E-state index < -0.39 is 10.0 Å². The molecule has 0 aromatic heterocycles. The van der Waals surface area contributed by atoms with Gasteiger partial charge in [-0.05, 0) is 30.2 Å². The summed E-state index contributed by atoms with van der Waals surface area (Å²) >= 11 is 3.33. The first-order valence-corrected chi connectivity index (χ1v) is 8.81. The van der Waals surface area contributed by atoms with Crippen LogP contribution in [-0.4, -0.2) is 21.1 Å². The number of nitrogens with one attached hydrogen (secondary N) is 1. The van der Waals surface area contributed by atoms with E-state index in [9.17, 15) is 8.42 Å². The Morgan fingerprint density at radius 1 is 1.19 bits per heavy atom. The molecule has 0 spiro atoms. The lowest BCUT2D eigenvalue weighted by molar-refractivity contribution is 0.279. The Balaban J connectivity index is 1.88. The van der Waals surface area contributed by atoms with Gasteiger partial charge in [0.1, 0.15) is 17.3 Å². The van der Waals surface area contributed by atoms with Crippen LogP contribution in [0.2, 0.25) is 0 Å². The monoisotopic (exact) mass is 367 g/mol. The maximum Gasteiger partial charge on any atom is 0.244 e. The van der Waals surface area contributed by atoms with Crippen molar-refractivity contribution in [1.29, 1.82) is 0 Å². The summed E-state index contributed by atoms with van der Waals surface area (Å²) in [5.74, 6) is 0.382. The Morgan fingerprint density at radius 3 is 2.71 bits per heavy atom.